The largest absolute Gasteiger partial charge is 0.0808 e. The van der Waals surface area contributed by atoms with Crippen LogP contribution in [-0.2, 0) is 32.1 Å². The summed E-state index contributed by atoms with van der Waals surface area (Å²) in [7, 11) is 0. The maximum absolute atomic E-state index is 2.26. The highest BCUT2D eigenvalue weighted by molar-refractivity contribution is 5.59. The van der Waals surface area contributed by atoms with Crippen molar-refractivity contribution in [2.24, 2.45) is 11.8 Å². The van der Waals surface area contributed by atoms with Crippen LogP contribution >= 0.6 is 0 Å². The van der Waals surface area contributed by atoms with Crippen LogP contribution in [0.25, 0.3) is 6.08 Å². The molecule has 0 unspecified atom stereocenters. The molecule has 4 aromatic carbocycles. The number of rotatable bonds is 0. The summed E-state index contributed by atoms with van der Waals surface area (Å²) in [4.78, 5) is 0. The lowest BCUT2D eigenvalue weighted by atomic mass is 9.71. The molecular weight excluding hydrogens is 913 g/mol. The van der Waals surface area contributed by atoms with Crippen molar-refractivity contribution in [2.75, 3.05) is 0 Å². The van der Waals surface area contributed by atoms with Crippen LogP contribution in [-0.4, -0.2) is 0 Å². The molecule has 0 bridgehead atoms. The van der Waals surface area contributed by atoms with Crippen LogP contribution in [0.1, 0.15) is 207 Å². The van der Waals surface area contributed by atoms with E-state index in [1.165, 1.54) is 195 Å². The topological polar surface area (TPSA) is 0 Å². The molecule has 0 saturated heterocycles. The highest BCUT2D eigenvalue weighted by atomic mass is 14.3. The Bertz CT molecular complexity index is 2320. The average molecular weight is 1010 g/mol. The summed E-state index contributed by atoms with van der Waals surface area (Å²) in [5, 5.41) is 0. The highest BCUT2D eigenvalue weighted by Gasteiger charge is 2.27. The quantitative estimate of drug-likeness (QED) is 0.165. The van der Waals surface area contributed by atoms with E-state index >= 15 is 0 Å². The van der Waals surface area contributed by atoms with Gasteiger partial charge in [0.05, 0.1) is 0 Å². The van der Waals surface area contributed by atoms with Gasteiger partial charge in [0.25, 0.3) is 0 Å². The molecule has 0 nitrogen and oxygen atoms in total. The molecule has 4 aromatic rings. The summed E-state index contributed by atoms with van der Waals surface area (Å²) in [5.41, 5.74) is 15.3. The van der Waals surface area contributed by atoms with Gasteiger partial charge in [0.15, 0.2) is 0 Å². The van der Waals surface area contributed by atoms with E-state index in [0.29, 0.717) is 0 Å². The SMILES string of the molecule is C1=CC2=C(C1)CC=C2.C1=CC2=C(C=CC2)C1.C1=CCC=C1.C1=Cc2ccccc2C1.C1CCC2CCCCC2C1.C1CCCC1.C1CCCCC1.c1ccc2c(c1)CCC2.c1ccc2c(c1)CCCC2.c1ccccc1. The molecule has 0 spiro atoms. The van der Waals surface area contributed by atoms with E-state index in [1.807, 2.05) is 36.4 Å². The Morgan fingerprint density at radius 1 is 0.263 bits per heavy atom. The van der Waals surface area contributed by atoms with E-state index < -0.39 is 0 Å². The lowest BCUT2D eigenvalue weighted by Crippen LogP contribution is -2.22. The summed E-state index contributed by atoms with van der Waals surface area (Å²) in [5.74, 6) is 2.31. The predicted molar refractivity (Wildman–Crippen MR) is 334 cm³/mol. The minimum atomic E-state index is 1.12. The van der Waals surface area contributed by atoms with Crippen LogP contribution < -0.4 is 0 Å². The van der Waals surface area contributed by atoms with E-state index in [1.54, 1.807) is 53.5 Å². The molecule has 4 saturated carbocycles. The predicted octanol–water partition coefficient (Wildman–Crippen LogP) is 22.2. The van der Waals surface area contributed by atoms with Crippen molar-refractivity contribution >= 4 is 6.08 Å². The van der Waals surface area contributed by atoms with Crippen LogP contribution in [0.15, 0.2) is 210 Å². The first kappa shape index (κ1) is 58.2. The molecular formula is C76H98. The van der Waals surface area contributed by atoms with Gasteiger partial charge in [0.1, 0.15) is 0 Å². The fourth-order valence-corrected chi connectivity index (χ4v) is 12.5. The molecule has 0 aromatic heterocycles. The molecule has 16 rings (SSSR count). The summed E-state index contributed by atoms with van der Waals surface area (Å²) in [6.07, 6.45) is 75.7. The molecule has 0 amide bonds. The zero-order valence-electron chi connectivity index (χ0n) is 47.3. The Labute approximate surface area is 464 Å². The van der Waals surface area contributed by atoms with Crippen molar-refractivity contribution in [3.63, 3.8) is 0 Å². The van der Waals surface area contributed by atoms with Crippen LogP contribution in [0.4, 0.5) is 0 Å². The van der Waals surface area contributed by atoms with Gasteiger partial charge in [-0.2, -0.15) is 0 Å². The van der Waals surface area contributed by atoms with Gasteiger partial charge in [-0.05, 0) is 145 Å². The first-order valence-electron chi connectivity index (χ1n) is 31.1. The molecule has 402 valence electrons. The van der Waals surface area contributed by atoms with E-state index in [-0.39, 0.29) is 0 Å². The molecule has 0 radical (unpaired) electrons. The van der Waals surface area contributed by atoms with Gasteiger partial charge in [-0.1, -0.05) is 322 Å². The molecule has 0 atom stereocenters. The molecule has 0 heterocycles. The molecule has 4 fully saturated rings. The lowest BCUT2D eigenvalue weighted by Gasteiger charge is -2.35. The van der Waals surface area contributed by atoms with Gasteiger partial charge in [-0.15, -0.1) is 0 Å². The Kier molecular flexibility index (Phi) is 28.0. The fraction of sp³-hybridized carbons (Fsp3) is 0.447. The van der Waals surface area contributed by atoms with Crippen molar-refractivity contribution in [2.45, 2.75) is 205 Å². The lowest BCUT2D eigenvalue weighted by molar-refractivity contribution is 0.171. The first-order valence-corrected chi connectivity index (χ1v) is 31.1. The van der Waals surface area contributed by atoms with Gasteiger partial charge in [-0.25, -0.2) is 0 Å². The van der Waals surface area contributed by atoms with E-state index in [4.69, 9.17) is 0 Å². The summed E-state index contributed by atoms with van der Waals surface area (Å²) in [6.45, 7) is 0. The number of aryl methyl sites for hydroxylation is 4. The van der Waals surface area contributed by atoms with E-state index in [0.717, 1.165) is 24.7 Å². The van der Waals surface area contributed by atoms with Crippen LogP contribution in [0, 0.1) is 11.8 Å². The number of benzene rings is 4. The first-order chi connectivity index (χ1) is 37.8. The summed E-state index contributed by atoms with van der Waals surface area (Å²) < 4.78 is 0. The van der Waals surface area contributed by atoms with Crippen LogP contribution in [0.5, 0.6) is 0 Å². The summed E-state index contributed by atoms with van der Waals surface area (Å²) >= 11 is 0. The van der Waals surface area contributed by atoms with Crippen LogP contribution in [0.2, 0.25) is 0 Å². The van der Waals surface area contributed by atoms with Gasteiger partial charge < -0.3 is 0 Å². The van der Waals surface area contributed by atoms with Crippen molar-refractivity contribution < 1.29 is 0 Å². The number of hydrogen-bond acceptors (Lipinski definition) is 0. The highest BCUT2D eigenvalue weighted by Crippen LogP contribution is 2.40. The monoisotopic (exact) mass is 1010 g/mol. The van der Waals surface area contributed by atoms with Gasteiger partial charge in [-0.3, -0.25) is 0 Å². The number of hydrogen-bond donors (Lipinski definition) is 0. The molecule has 12 aliphatic carbocycles. The zero-order valence-corrected chi connectivity index (χ0v) is 47.3. The molecule has 0 aliphatic heterocycles. The molecule has 12 aliphatic rings. The number of fused-ring (bicyclic) bond motifs is 4. The third kappa shape index (κ3) is 22.3. The van der Waals surface area contributed by atoms with Crippen molar-refractivity contribution in [1.29, 1.82) is 0 Å². The molecule has 76 heavy (non-hydrogen) atoms. The second-order valence-corrected chi connectivity index (χ2v) is 22.7. The maximum atomic E-state index is 2.26. The minimum absolute atomic E-state index is 1.12. The summed E-state index contributed by atoms with van der Waals surface area (Å²) in [6, 6.07) is 38.0. The zero-order chi connectivity index (χ0) is 52.2. The normalized spacial score (nSPS) is 21.1. The molecule has 0 heteroatoms. The van der Waals surface area contributed by atoms with Crippen LogP contribution in [0.3, 0.4) is 0 Å². The van der Waals surface area contributed by atoms with E-state index in [9.17, 15) is 0 Å². The Hall–Kier alpha value is -5.46. The fourth-order valence-electron chi connectivity index (χ4n) is 12.5. The Balaban J connectivity index is 0.000000124. The average Bonchev–Trinajstić information content (AvgIpc) is 4.35. The second-order valence-electron chi connectivity index (χ2n) is 22.7. The number of allylic oxidation sites excluding steroid dienone is 17. The van der Waals surface area contributed by atoms with E-state index in [2.05, 4.69) is 158 Å². The second kappa shape index (κ2) is 36.6. The Morgan fingerprint density at radius 2 is 0.618 bits per heavy atom. The van der Waals surface area contributed by atoms with Gasteiger partial charge in [0.2, 0.25) is 0 Å². The van der Waals surface area contributed by atoms with Gasteiger partial charge in [0, 0.05) is 0 Å². The third-order valence-corrected chi connectivity index (χ3v) is 17.0. The molecule has 0 N–H and O–H groups in total. The van der Waals surface area contributed by atoms with Gasteiger partial charge >= 0.3 is 0 Å². The Morgan fingerprint density at radius 3 is 0.987 bits per heavy atom. The van der Waals surface area contributed by atoms with Crippen molar-refractivity contribution in [1.82, 2.24) is 0 Å². The smallest absolute Gasteiger partial charge is 0.00882 e. The van der Waals surface area contributed by atoms with Crippen molar-refractivity contribution in [3.8, 4) is 0 Å². The third-order valence-electron chi connectivity index (χ3n) is 17.0. The van der Waals surface area contributed by atoms with Crippen molar-refractivity contribution in [3.05, 3.63) is 244 Å². The minimum Gasteiger partial charge on any atom is -0.0808 e. The maximum Gasteiger partial charge on any atom is -0.00882 e. The standard InChI is InChI=1S/C10H18.C10H12.C9H10.C9H8.2C8H8.C6H12.C6H6.C5H10.C5H6/c2*1-2-6-10-8-4-3-7-9(10)5-1;2*1-2-5-9-7-3-6-8(9)4-1;2*1-3-7-5-2-6-8(7)4-1;2*1-2-4-6-5-3-1;2*1-2-4-5-3-1/h9-10H,1-8H2;1-2,5-6H,3-4,7-8H2;1-2,4-5H,3,6-7H2;1-6H,7H2;1-3,6H,4-5H2;1-3,5H,4,6H2;1-6H2;1-6H;1-5H2;1-4H,5H2.